The maximum absolute atomic E-state index is 13.9. The van der Waals surface area contributed by atoms with E-state index >= 15 is 0 Å². The molecule has 2 fully saturated rings. The lowest BCUT2D eigenvalue weighted by Gasteiger charge is -2.35. The largest absolute Gasteiger partial charge is 0.497 e. The van der Waals surface area contributed by atoms with Gasteiger partial charge in [-0.05, 0) is 55.7 Å². The number of amides is 1. The maximum atomic E-state index is 13.9. The first-order valence-corrected chi connectivity index (χ1v) is 12.6. The molecule has 6 rings (SSSR count). The van der Waals surface area contributed by atoms with Crippen LogP contribution in [0.4, 0.5) is 0 Å². The molecule has 3 aromatic heterocycles. The van der Waals surface area contributed by atoms with Crippen molar-refractivity contribution in [3.63, 3.8) is 0 Å². The minimum Gasteiger partial charge on any atom is -0.497 e. The molecule has 2 aliphatic rings. The molecule has 184 valence electrons. The molecule has 0 N–H and O–H groups in total. The minimum absolute atomic E-state index is 0.0667. The van der Waals surface area contributed by atoms with E-state index in [2.05, 4.69) is 22.0 Å². The van der Waals surface area contributed by atoms with Crippen LogP contribution in [-0.4, -0.2) is 68.7 Å². The van der Waals surface area contributed by atoms with Crippen LogP contribution >= 0.6 is 0 Å². The van der Waals surface area contributed by atoms with Crippen molar-refractivity contribution in [2.45, 2.75) is 32.2 Å². The molecule has 8 nitrogen and oxygen atoms in total. The van der Waals surface area contributed by atoms with Crippen molar-refractivity contribution in [2.75, 3.05) is 33.3 Å². The van der Waals surface area contributed by atoms with Crippen LogP contribution in [0.25, 0.3) is 16.9 Å². The Kier molecular flexibility index (Phi) is 5.89. The first-order valence-electron chi connectivity index (χ1n) is 12.6. The number of pyridine rings is 2. The van der Waals surface area contributed by atoms with Crippen LogP contribution in [0.15, 0.2) is 54.7 Å². The van der Waals surface area contributed by atoms with E-state index in [9.17, 15) is 4.79 Å². The van der Waals surface area contributed by atoms with Gasteiger partial charge in [0, 0.05) is 50.5 Å². The van der Waals surface area contributed by atoms with Crippen molar-refractivity contribution in [3.8, 4) is 11.6 Å². The smallest absolute Gasteiger partial charge is 0.254 e. The molecule has 1 aromatic carbocycles. The van der Waals surface area contributed by atoms with Crippen molar-refractivity contribution in [1.82, 2.24) is 29.5 Å². The zero-order valence-corrected chi connectivity index (χ0v) is 20.7. The normalized spacial score (nSPS) is 16.4. The Morgan fingerprint density at radius 2 is 1.83 bits per heavy atom. The first kappa shape index (κ1) is 22.7. The van der Waals surface area contributed by atoms with Crippen molar-refractivity contribution in [3.05, 3.63) is 77.2 Å². The molecule has 8 heteroatoms. The van der Waals surface area contributed by atoms with Crippen molar-refractivity contribution in [2.24, 2.45) is 0 Å². The van der Waals surface area contributed by atoms with Gasteiger partial charge in [-0.15, -0.1) is 0 Å². The highest BCUT2D eigenvalue weighted by atomic mass is 16.5. The number of aromatic nitrogens is 4. The summed E-state index contributed by atoms with van der Waals surface area (Å²) in [5.74, 6) is 2.07. The number of carbonyl (C=O) groups is 1. The minimum atomic E-state index is 0.0667. The van der Waals surface area contributed by atoms with Crippen molar-refractivity contribution in [1.29, 1.82) is 0 Å². The number of methoxy groups -OCH3 is 1. The Labute approximate surface area is 210 Å². The van der Waals surface area contributed by atoms with Gasteiger partial charge in [0.05, 0.1) is 23.8 Å². The number of benzene rings is 1. The van der Waals surface area contributed by atoms with Crippen molar-refractivity contribution < 1.29 is 9.53 Å². The van der Waals surface area contributed by atoms with E-state index in [-0.39, 0.29) is 5.91 Å². The maximum Gasteiger partial charge on any atom is 0.254 e. The summed E-state index contributed by atoms with van der Waals surface area (Å²) < 4.78 is 7.04. The number of hydrogen-bond acceptors (Lipinski definition) is 6. The third-order valence-corrected chi connectivity index (χ3v) is 7.15. The molecule has 1 aliphatic carbocycles. The van der Waals surface area contributed by atoms with Gasteiger partial charge in [-0.2, -0.15) is 9.78 Å². The zero-order valence-electron chi connectivity index (χ0n) is 20.7. The summed E-state index contributed by atoms with van der Waals surface area (Å²) in [6, 6.07) is 16.0. The van der Waals surface area contributed by atoms with E-state index < -0.39 is 0 Å². The summed E-state index contributed by atoms with van der Waals surface area (Å²) in [4.78, 5) is 27.7. The predicted octanol–water partition coefficient (Wildman–Crippen LogP) is 3.97. The molecule has 36 heavy (non-hydrogen) atoms. The summed E-state index contributed by atoms with van der Waals surface area (Å²) in [5, 5.41) is 5.57. The number of rotatable bonds is 6. The number of hydrogen-bond donors (Lipinski definition) is 0. The molecule has 1 saturated heterocycles. The molecule has 0 bridgehead atoms. The third kappa shape index (κ3) is 4.33. The highest BCUT2D eigenvalue weighted by Gasteiger charge is 2.31. The fourth-order valence-corrected chi connectivity index (χ4v) is 4.97. The molecule has 4 aromatic rings. The molecule has 1 saturated carbocycles. The fraction of sp³-hybridized carbons (Fsp3) is 0.357. The molecule has 4 heterocycles. The van der Waals surface area contributed by atoms with Gasteiger partial charge in [-0.1, -0.05) is 18.2 Å². The van der Waals surface area contributed by atoms with E-state index in [0.29, 0.717) is 30.4 Å². The molecule has 1 aliphatic heterocycles. The van der Waals surface area contributed by atoms with Crippen LogP contribution in [0.3, 0.4) is 0 Å². The van der Waals surface area contributed by atoms with Crippen LogP contribution in [-0.2, 0) is 6.54 Å². The van der Waals surface area contributed by atoms with Gasteiger partial charge < -0.3 is 9.64 Å². The fourth-order valence-electron chi connectivity index (χ4n) is 4.97. The van der Waals surface area contributed by atoms with Gasteiger partial charge in [-0.3, -0.25) is 9.69 Å². The first-order chi connectivity index (χ1) is 17.6. The Hall–Kier alpha value is -3.78. The Morgan fingerprint density at radius 3 is 2.50 bits per heavy atom. The van der Waals surface area contributed by atoms with Crippen molar-refractivity contribution >= 4 is 16.9 Å². The summed E-state index contributed by atoms with van der Waals surface area (Å²) >= 11 is 0. The van der Waals surface area contributed by atoms with E-state index in [0.717, 1.165) is 60.6 Å². The summed E-state index contributed by atoms with van der Waals surface area (Å²) in [6.45, 7) is 5.90. The molecule has 0 spiro atoms. The summed E-state index contributed by atoms with van der Waals surface area (Å²) in [6.07, 6.45) is 3.99. The average molecular weight is 483 g/mol. The van der Waals surface area contributed by atoms with Gasteiger partial charge in [0.25, 0.3) is 5.91 Å². The van der Waals surface area contributed by atoms with E-state index in [1.165, 1.54) is 5.56 Å². The highest BCUT2D eigenvalue weighted by molar-refractivity contribution is 6.06. The number of nitrogens with zero attached hydrogens (tertiary/aromatic N) is 6. The second kappa shape index (κ2) is 9.35. The van der Waals surface area contributed by atoms with Crippen LogP contribution in [0.5, 0.6) is 5.75 Å². The van der Waals surface area contributed by atoms with E-state index in [1.54, 1.807) is 18.0 Å². The highest BCUT2D eigenvalue weighted by Crippen LogP contribution is 2.41. The van der Waals surface area contributed by atoms with Gasteiger partial charge in [0.2, 0.25) is 0 Å². The Morgan fingerprint density at radius 1 is 1.06 bits per heavy atom. The lowest BCUT2D eigenvalue weighted by molar-refractivity contribution is 0.0630. The third-order valence-electron chi connectivity index (χ3n) is 7.15. The Balaban J connectivity index is 1.25. The lowest BCUT2D eigenvalue weighted by atomic mass is 10.1. The van der Waals surface area contributed by atoms with Gasteiger partial charge >= 0.3 is 0 Å². The molecular formula is C28H30N6O2. The average Bonchev–Trinajstić information content (AvgIpc) is 3.72. The quantitative estimate of drug-likeness (QED) is 0.414. The van der Waals surface area contributed by atoms with Gasteiger partial charge in [-0.25, -0.2) is 9.97 Å². The second-order valence-electron chi connectivity index (χ2n) is 9.67. The number of ether oxygens (including phenoxy) is 1. The molecule has 0 radical (unpaired) electrons. The second-order valence-corrected chi connectivity index (χ2v) is 9.67. The molecular weight excluding hydrogens is 452 g/mol. The monoisotopic (exact) mass is 482 g/mol. The van der Waals surface area contributed by atoms with E-state index in [4.69, 9.17) is 14.8 Å². The van der Waals surface area contributed by atoms with Gasteiger partial charge in [0.1, 0.15) is 5.75 Å². The number of fused-ring (bicyclic) bond motifs is 1. The Bertz CT molecular complexity index is 1390. The molecule has 1 amide bonds. The standard InChI is InChI=1S/C28H30N6O2/c1-19-26-23(17-24(21-8-9-21)30-27(26)34(31-19)25-5-3-4-12-29-25)28(35)33-15-13-32(14-16-33)18-20-6-10-22(36-2)11-7-20/h3-7,10-12,17,21H,8-9,13-16,18H2,1-2H3. The predicted molar refractivity (Wildman–Crippen MR) is 138 cm³/mol. The topological polar surface area (TPSA) is 76.4 Å². The van der Waals surface area contributed by atoms with E-state index in [1.807, 2.05) is 48.2 Å². The number of carbonyl (C=O) groups excluding carboxylic acids is 1. The van der Waals surface area contributed by atoms with Gasteiger partial charge in [0.15, 0.2) is 11.5 Å². The zero-order chi connectivity index (χ0) is 24.6. The van der Waals surface area contributed by atoms with Crippen LogP contribution < -0.4 is 4.74 Å². The summed E-state index contributed by atoms with van der Waals surface area (Å²) in [5.41, 5.74) is 4.47. The molecule has 0 unspecified atom stereocenters. The number of aryl methyl sites for hydroxylation is 1. The lowest BCUT2D eigenvalue weighted by Crippen LogP contribution is -2.48. The molecule has 0 atom stereocenters. The summed E-state index contributed by atoms with van der Waals surface area (Å²) in [7, 11) is 1.68. The van der Waals surface area contributed by atoms with Crippen LogP contribution in [0.1, 0.15) is 46.1 Å². The number of piperazine rings is 1. The SMILES string of the molecule is COc1ccc(CN2CCN(C(=O)c3cc(C4CC4)nc4c3c(C)nn4-c3ccccn3)CC2)cc1. The van der Waals surface area contributed by atoms with Crippen LogP contribution in [0, 0.1) is 6.92 Å². The van der Waals surface area contributed by atoms with Crippen LogP contribution in [0.2, 0.25) is 0 Å².